The van der Waals surface area contributed by atoms with Crippen molar-refractivity contribution in [1.29, 1.82) is 0 Å². The topological polar surface area (TPSA) is 159 Å². The van der Waals surface area contributed by atoms with Crippen LogP contribution in [0.15, 0.2) is 51.2 Å². The highest BCUT2D eigenvalue weighted by atomic mass is 35.5. The number of rotatable bonds is 5. The first kappa shape index (κ1) is 20.6. The summed E-state index contributed by atoms with van der Waals surface area (Å²) < 4.78 is 25.9. The number of azide groups is 1. The molecule has 1 fully saturated rings. The van der Waals surface area contributed by atoms with Gasteiger partial charge in [0.15, 0.2) is 12.4 Å². The van der Waals surface area contributed by atoms with Crippen molar-refractivity contribution in [2.24, 2.45) is 5.11 Å². The lowest BCUT2D eigenvalue weighted by atomic mass is 10.1. The predicted molar refractivity (Wildman–Crippen MR) is 96.0 cm³/mol. The first-order valence-corrected chi connectivity index (χ1v) is 8.45. The zero-order valence-corrected chi connectivity index (χ0v) is 15.2. The molecule has 0 spiro atoms. The Balaban J connectivity index is 1.87. The van der Waals surface area contributed by atoms with Gasteiger partial charge in [0.05, 0.1) is 5.56 Å². The zero-order valence-electron chi connectivity index (χ0n) is 14.4. The Hall–Kier alpha value is -3.18. The number of aromatic nitrogens is 2. The molecule has 0 saturated carbocycles. The summed E-state index contributed by atoms with van der Waals surface area (Å²) in [4.78, 5) is 39.7. The van der Waals surface area contributed by atoms with Gasteiger partial charge in [0, 0.05) is 22.2 Å². The second-order valence-electron chi connectivity index (χ2n) is 6.04. The van der Waals surface area contributed by atoms with E-state index in [0.717, 1.165) is 12.3 Å². The van der Waals surface area contributed by atoms with Crippen LogP contribution in [0.3, 0.4) is 0 Å². The van der Waals surface area contributed by atoms with E-state index in [0.29, 0.717) is 4.57 Å². The Morgan fingerprint density at radius 1 is 1.48 bits per heavy atom. The van der Waals surface area contributed by atoms with Gasteiger partial charge in [-0.2, -0.15) is 0 Å². The van der Waals surface area contributed by atoms with Crippen LogP contribution in [0.4, 0.5) is 4.39 Å². The minimum atomic E-state index is -2.44. The molecule has 29 heavy (non-hydrogen) atoms. The van der Waals surface area contributed by atoms with Gasteiger partial charge in [-0.25, -0.2) is 14.0 Å². The average Bonchev–Trinajstić information content (AvgIpc) is 2.92. The summed E-state index contributed by atoms with van der Waals surface area (Å²) in [5.41, 5.74) is 4.73. The molecule has 3 rings (SSSR count). The number of benzene rings is 1. The second-order valence-corrected chi connectivity index (χ2v) is 6.48. The normalized spacial score (nSPS) is 26.0. The molecule has 1 aromatic carbocycles. The molecule has 2 heterocycles. The standard InChI is InChI=1S/C16H13ClFN5O6/c17-9-3-1-2-8(6-9)14(26)28-7-16(21-22-19)12(18)11(25)13(29-16)23-5-4-10(24)20-15(23)27/h1-6,11-13,25H,7H2,(H,20,24,27)/t11-,12+,13-,16-/m1/s1. The third-order valence-corrected chi connectivity index (χ3v) is 4.39. The Bertz CT molecular complexity index is 1100. The summed E-state index contributed by atoms with van der Waals surface area (Å²) in [6.45, 7) is -0.894. The van der Waals surface area contributed by atoms with Crippen molar-refractivity contribution < 1.29 is 23.8 Å². The number of carbonyl (C=O) groups excluding carboxylic acids is 1. The molecule has 152 valence electrons. The Labute approximate surface area is 165 Å². The molecular formula is C16H13ClFN5O6. The highest BCUT2D eigenvalue weighted by Crippen LogP contribution is 2.40. The summed E-state index contributed by atoms with van der Waals surface area (Å²) in [7, 11) is 0. The maximum Gasteiger partial charge on any atom is 0.338 e. The number of nitrogens with zero attached hydrogens (tertiary/aromatic N) is 4. The van der Waals surface area contributed by atoms with Gasteiger partial charge in [-0.15, -0.1) is 0 Å². The number of aliphatic hydroxyl groups is 1. The molecule has 2 aromatic rings. The van der Waals surface area contributed by atoms with Crippen molar-refractivity contribution in [2.45, 2.75) is 24.2 Å². The van der Waals surface area contributed by atoms with E-state index in [4.69, 9.17) is 26.6 Å². The fourth-order valence-electron chi connectivity index (χ4n) is 2.77. The van der Waals surface area contributed by atoms with Crippen LogP contribution in [0.25, 0.3) is 10.4 Å². The quantitative estimate of drug-likeness (QED) is 0.317. The first-order valence-electron chi connectivity index (χ1n) is 8.08. The molecule has 0 amide bonds. The molecule has 1 aliphatic rings. The summed E-state index contributed by atoms with van der Waals surface area (Å²) in [6.07, 6.45) is -4.99. The summed E-state index contributed by atoms with van der Waals surface area (Å²) >= 11 is 5.80. The van der Waals surface area contributed by atoms with E-state index in [1.807, 2.05) is 4.98 Å². The van der Waals surface area contributed by atoms with Crippen LogP contribution in [0, 0.1) is 0 Å². The third-order valence-electron chi connectivity index (χ3n) is 4.16. The van der Waals surface area contributed by atoms with Crippen LogP contribution in [-0.4, -0.2) is 45.2 Å². The monoisotopic (exact) mass is 425 g/mol. The van der Waals surface area contributed by atoms with Gasteiger partial charge < -0.3 is 14.6 Å². The Morgan fingerprint density at radius 3 is 2.90 bits per heavy atom. The molecule has 4 atom stereocenters. The molecule has 11 nitrogen and oxygen atoms in total. The summed E-state index contributed by atoms with van der Waals surface area (Å²) in [5.74, 6) is -0.907. The molecule has 0 bridgehead atoms. The molecular weight excluding hydrogens is 413 g/mol. The minimum absolute atomic E-state index is 0.0518. The maximum atomic E-state index is 14.8. The molecule has 13 heteroatoms. The van der Waals surface area contributed by atoms with Gasteiger partial charge in [-0.05, 0) is 23.7 Å². The van der Waals surface area contributed by atoms with Gasteiger partial charge in [0.1, 0.15) is 12.7 Å². The van der Waals surface area contributed by atoms with E-state index in [2.05, 4.69) is 10.0 Å². The van der Waals surface area contributed by atoms with E-state index in [1.54, 1.807) is 0 Å². The van der Waals surface area contributed by atoms with E-state index >= 15 is 0 Å². The van der Waals surface area contributed by atoms with Gasteiger partial charge >= 0.3 is 11.7 Å². The van der Waals surface area contributed by atoms with Crippen LogP contribution in [0.2, 0.25) is 5.02 Å². The molecule has 2 N–H and O–H groups in total. The van der Waals surface area contributed by atoms with Gasteiger partial charge in [0.2, 0.25) is 5.72 Å². The van der Waals surface area contributed by atoms with Crippen LogP contribution in [-0.2, 0) is 9.47 Å². The number of carbonyl (C=O) groups is 1. The highest BCUT2D eigenvalue weighted by molar-refractivity contribution is 6.30. The Kier molecular flexibility index (Phi) is 5.71. The average molecular weight is 426 g/mol. The van der Waals surface area contributed by atoms with Crippen LogP contribution in [0.1, 0.15) is 16.6 Å². The molecule has 1 saturated heterocycles. The summed E-state index contributed by atoms with van der Waals surface area (Å²) in [5, 5.41) is 13.7. The number of hydrogen-bond donors (Lipinski definition) is 2. The van der Waals surface area contributed by atoms with Crippen molar-refractivity contribution in [2.75, 3.05) is 6.61 Å². The third kappa shape index (κ3) is 4.00. The van der Waals surface area contributed by atoms with E-state index in [1.165, 1.54) is 24.3 Å². The van der Waals surface area contributed by atoms with E-state index < -0.39 is 48.1 Å². The molecule has 1 aromatic heterocycles. The van der Waals surface area contributed by atoms with Crippen molar-refractivity contribution in [3.63, 3.8) is 0 Å². The first-order chi connectivity index (χ1) is 13.8. The lowest BCUT2D eigenvalue weighted by molar-refractivity contribution is -0.118. The zero-order chi connectivity index (χ0) is 21.2. The highest BCUT2D eigenvalue weighted by Gasteiger charge is 2.57. The molecule has 0 unspecified atom stereocenters. The predicted octanol–water partition coefficient (Wildman–Crippen LogP) is 1.28. The lowest BCUT2D eigenvalue weighted by Gasteiger charge is -2.25. The van der Waals surface area contributed by atoms with Crippen molar-refractivity contribution in [3.05, 3.63) is 78.4 Å². The van der Waals surface area contributed by atoms with Crippen molar-refractivity contribution >= 4 is 17.6 Å². The minimum Gasteiger partial charge on any atom is -0.459 e. The number of hydrogen-bond acceptors (Lipinski definition) is 7. The number of ether oxygens (including phenoxy) is 2. The number of nitrogens with one attached hydrogen (secondary N) is 1. The largest absolute Gasteiger partial charge is 0.459 e. The van der Waals surface area contributed by atoms with Gasteiger partial charge in [-0.3, -0.25) is 14.3 Å². The molecule has 1 aliphatic heterocycles. The van der Waals surface area contributed by atoms with E-state index in [9.17, 15) is 23.9 Å². The summed E-state index contributed by atoms with van der Waals surface area (Å²) in [6, 6.07) is 6.69. The fourth-order valence-corrected chi connectivity index (χ4v) is 2.96. The number of H-pyrrole nitrogens is 1. The fraction of sp³-hybridized carbons (Fsp3) is 0.312. The SMILES string of the molecule is [N-]=[N+]=N[C@]1(COC(=O)c2cccc(Cl)c2)O[C@@H](n2ccc(=O)[nH]c2=O)[C@H](O)[C@@H]1F. The maximum absolute atomic E-state index is 14.8. The van der Waals surface area contributed by atoms with Crippen LogP contribution >= 0.6 is 11.6 Å². The molecule has 0 aliphatic carbocycles. The van der Waals surface area contributed by atoms with Gasteiger partial charge in [-0.1, -0.05) is 22.8 Å². The smallest absolute Gasteiger partial charge is 0.338 e. The van der Waals surface area contributed by atoms with Crippen molar-refractivity contribution in [1.82, 2.24) is 9.55 Å². The number of alkyl halides is 1. The van der Waals surface area contributed by atoms with Crippen LogP contribution in [0.5, 0.6) is 0 Å². The van der Waals surface area contributed by atoms with Gasteiger partial charge in [0.25, 0.3) is 5.56 Å². The van der Waals surface area contributed by atoms with Crippen molar-refractivity contribution in [3.8, 4) is 0 Å². The van der Waals surface area contributed by atoms with E-state index in [-0.39, 0.29) is 10.6 Å². The second kappa shape index (κ2) is 8.05. The lowest BCUT2D eigenvalue weighted by Crippen LogP contribution is -2.43. The number of aromatic amines is 1. The number of halogens is 2. The Morgan fingerprint density at radius 2 is 2.24 bits per heavy atom. The molecule has 0 radical (unpaired) electrons. The number of aliphatic hydroxyl groups excluding tert-OH is 1. The van der Waals surface area contributed by atoms with Crippen LogP contribution < -0.4 is 11.2 Å². The number of esters is 1.